The van der Waals surface area contributed by atoms with E-state index in [0.29, 0.717) is 49.1 Å². The highest BCUT2D eigenvalue weighted by Crippen LogP contribution is 2.32. The fourth-order valence-electron chi connectivity index (χ4n) is 4.83. The summed E-state index contributed by atoms with van der Waals surface area (Å²) >= 11 is 0. The number of pyridine rings is 2. The first kappa shape index (κ1) is 22.4. The van der Waals surface area contributed by atoms with Crippen LogP contribution in [-0.4, -0.2) is 79.9 Å². The Kier molecular flexibility index (Phi) is 5.90. The van der Waals surface area contributed by atoms with E-state index in [1.165, 1.54) is 0 Å². The van der Waals surface area contributed by atoms with Crippen molar-refractivity contribution in [3.63, 3.8) is 0 Å². The maximum absolute atomic E-state index is 12.9. The highest BCUT2D eigenvalue weighted by atomic mass is 16.5. The van der Waals surface area contributed by atoms with Crippen molar-refractivity contribution in [1.82, 2.24) is 34.6 Å². The summed E-state index contributed by atoms with van der Waals surface area (Å²) in [6.45, 7) is 4.10. The lowest BCUT2D eigenvalue weighted by atomic mass is 10.0. The number of morpholine rings is 1. The van der Waals surface area contributed by atoms with Crippen LogP contribution in [0.1, 0.15) is 29.2 Å². The number of piperidine rings is 1. The van der Waals surface area contributed by atoms with Crippen molar-refractivity contribution in [3.8, 4) is 11.5 Å². The predicted molar refractivity (Wildman–Crippen MR) is 134 cm³/mol. The van der Waals surface area contributed by atoms with Crippen LogP contribution in [0, 0.1) is 0 Å². The molecular weight excluding hydrogens is 458 g/mol. The van der Waals surface area contributed by atoms with Crippen molar-refractivity contribution < 1.29 is 9.53 Å². The summed E-state index contributed by atoms with van der Waals surface area (Å²) < 4.78 is 7.55. The maximum atomic E-state index is 12.9. The molecule has 184 valence electrons. The van der Waals surface area contributed by atoms with Gasteiger partial charge in [-0.05, 0) is 37.1 Å². The molecule has 36 heavy (non-hydrogen) atoms. The van der Waals surface area contributed by atoms with Crippen LogP contribution < -0.4 is 10.6 Å². The molecule has 0 radical (unpaired) electrons. The van der Waals surface area contributed by atoms with Gasteiger partial charge in [0.05, 0.1) is 48.3 Å². The number of nitrogens with two attached hydrogens (primary N) is 1. The van der Waals surface area contributed by atoms with Crippen molar-refractivity contribution in [2.75, 3.05) is 50.0 Å². The quantitative estimate of drug-likeness (QED) is 0.462. The van der Waals surface area contributed by atoms with Crippen molar-refractivity contribution in [1.29, 1.82) is 0 Å². The lowest BCUT2D eigenvalue weighted by Crippen LogP contribution is -2.39. The van der Waals surface area contributed by atoms with Crippen LogP contribution in [0.15, 0.2) is 49.1 Å². The number of amides is 1. The minimum absolute atomic E-state index is 0.0144. The largest absolute Gasteiger partial charge is 0.397 e. The monoisotopic (exact) mass is 485 g/mol. The maximum Gasteiger partial charge on any atom is 0.255 e. The zero-order chi connectivity index (χ0) is 24.5. The third kappa shape index (κ3) is 4.22. The molecule has 6 heterocycles. The molecule has 0 unspecified atom stereocenters. The second kappa shape index (κ2) is 9.50. The number of aromatic nitrogens is 6. The first-order valence-electron chi connectivity index (χ1n) is 12.2. The third-order valence-electron chi connectivity index (χ3n) is 6.77. The molecule has 11 nitrogen and oxygen atoms in total. The first-order valence-corrected chi connectivity index (χ1v) is 12.2. The summed E-state index contributed by atoms with van der Waals surface area (Å²) in [5.74, 6) is 1.39. The van der Waals surface area contributed by atoms with E-state index in [0.717, 1.165) is 42.8 Å². The number of nitrogen functional groups attached to an aromatic ring is 1. The fraction of sp³-hybridized carbons (Fsp3) is 0.360. The Hall–Kier alpha value is -4.12. The Labute approximate surface area is 207 Å². The molecule has 0 atom stereocenters. The van der Waals surface area contributed by atoms with E-state index in [-0.39, 0.29) is 11.9 Å². The minimum atomic E-state index is 0.0144. The molecule has 11 heteroatoms. The topological polar surface area (TPSA) is 128 Å². The van der Waals surface area contributed by atoms with Crippen molar-refractivity contribution in [2.45, 2.75) is 18.9 Å². The van der Waals surface area contributed by atoms with Gasteiger partial charge < -0.3 is 20.3 Å². The SMILES string of the molecule is Nc1ccc(-c2nc(N3CCOCC3)c3cnn(C4CCN(C(=O)c5cccnc5)CC4)c3n2)nc1. The summed E-state index contributed by atoms with van der Waals surface area (Å²) in [5.41, 5.74) is 8.48. The smallest absolute Gasteiger partial charge is 0.255 e. The lowest BCUT2D eigenvalue weighted by molar-refractivity contribution is 0.0691. The number of carbonyl (C=O) groups excluding carboxylic acids is 1. The van der Waals surface area contributed by atoms with Gasteiger partial charge in [-0.3, -0.25) is 14.8 Å². The molecule has 4 aromatic heterocycles. The van der Waals surface area contributed by atoms with Crippen LogP contribution in [-0.2, 0) is 4.74 Å². The van der Waals surface area contributed by atoms with E-state index in [4.69, 9.17) is 25.5 Å². The first-order chi connectivity index (χ1) is 17.7. The van der Waals surface area contributed by atoms with Crippen molar-refractivity contribution >= 4 is 28.4 Å². The van der Waals surface area contributed by atoms with Gasteiger partial charge >= 0.3 is 0 Å². The molecule has 0 aromatic carbocycles. The van der Waals surface area contributed by atoms with Crippen LogP contribution in [0.3, 0.4) is 0 Å². The Bertz CT molecular complexity index is 1360. The van der Waals surface area contributed by atoms with Crippen LogP contribution in [0.5, 0.6) is 0 Å². The molecule has 2 fully saturated rings. The summed E-state index contributed by atoms with van der Waals surface area (Å²) in [4.78, 5) is 35.3. The number of nitrogens with zero attached hydrogens (tertiary/aromatic N) is 8. The van der Waals surface area contributed by atoms with Gasteiger partial charge in [-0.2, -0.15) is 5.10 Å². The number of carbonyl (C=O) groups is 1. The van der Waals surface area contributed by atoms with E-state index >= 15 is 0 Å². The molecule has 0 aliphatic carbocycles. The number of anilines is 2. The van der Waals surface area contributed by atoms with Crippen LogP contribution in [0.2, 0.25) is 0 Å². The van der Waals surface area contributed by atoms with Gasteiger partial charge in [0.1, 0.15) is 11.5 Å². The minimum Gasteiger partial charge on any atom is -0.397 e. The Morgan fingerprint density at radius 2 is 1.83 bits per heavy atom. The molecule has 2 aliphatic heterocycles. The van der Waals surface area contributed by atoms with E-state index in [1.807, 2.05) is 21.8 Å². The van der Waals surface area contributed by atoms with E-state index in [9.17, 15) is 4.79 Å². The summed E-state index contributed by atoms with van der Waals surface area (Å²) in [5, 5.41) is 5.66. The number of hydrogen-bond donors (Lipinski definition) is 1. The second-order valence-electron chi connectivity index (χ2n) is 9.04. The van der Waals surface area contributed by atoms with Crippen molar-refractivity contribution in [2.24, 2.45) is 0 Å². The van der Waals surface area contributed by atoms with Crippen LogP contribution in [0.25, 0.3) is 22.6 Å². The zero-order valence-corrected chi connectivity index (χ0v) is 19.8. The van der Waals surface area contributed by atoms with Gasteiger partial charge in [-0.1, -0.05) is 0 Å². The second-order valence-corrected chi connectivity index (χ2v) is 9.04. The zero-order valence-electron chi connectivity index (χ0n) is 19.8. The number of fused-ring (bicyclic) bond motifs is 1. The molecule has 2 aliphatic rings. The predicted octanol–water partition coefficient (Wildman–Crippen LogP) is 2.18. The molecular formula is C25H27N9O2. The van der Waals surface area contributed by atoms with E-state index in [2.05, 4.69) is 14.9 Å². The Morgan fingerprint density at radius 3 is 2.56 bits per heavy atom. The number of hydrogen-bond acceptors (Lipinski definition) is 9. The van der Waals surface area contributed by atoms with E-state index < -0.39 is 0 Å². The highest BCUT2D eigenvalue weighted by molar-refractivity contribution is 5.94. The molecule has 2 saturated heterocycles. The number of ether oxygens (including phenoxy) is 1. The normalized spacial score (nSPS) is 17.0. The molecule has 6 rings (SSSR count). The lowest BCUT2D eigenvalue weighted by Gasteiger charge is -2.32. The average molecular weight is 486 g/mol. The molecule has 0 saturated carbocycles. The summed E-state index contributed by atoms with van der Waals surface area (Å²) in [7, 11) is 0. The summed E-state index contributed by atoms with van der Waals surface area (Å²) in [6.07, 6.45) is 8.33. The fourth-order valence-corrected chi connectivity index (χ4v) is 4.83. The van der Waals surface area contributed by atoms with Gasteiger partial charge in [-0.15, -0.1) is 0 Å². The summed E-state index contributed by atoms with van der Waals surface area (Å²) in [6, 6.07) is 7.36. The molecule has 0 bridgehead atoms. The number of likely N-dealkylation sites (tertiary alicyclic amines) is 1. The Morgan fingerprint density at radius 1 is 1.00 bits per heavy atom. The van der Waals surface area contributed by atoms with Gasteiger partial charge in [0.25, 0.3) is 5.91 Å². The van der Waals surface area contributed by atoms with E-state index in [1.54, 1.807) is 36.8 Å². The number of rotatable bonds is 4. The molecule has 0 spiro atoms. The molecule has 1 amide bonds. The van der Waals surface area contributed by atoms with Gasteiger partial charge in [0, 0.05) is 38.6 Å². The highest BCUT2D eigenvalue weighted by Gasteiger charge is 2.28. The van der Waals surface area contributed by atoms with Crippen LogP contribution >= 0.6 is 0 Å². The molecule has 4 aromatic rings. The third-order valence-corrected chi connectivity index (χ3v) is 6.77. The van der Waals surface area contributed by atoms with Crippen molar-refractivity contribution in [3.05, 3.63) is 54.6 Å². The molecule has 2 N–H and O–H groups in total. The standard InChI is InChI=1S/C25H27N9O2/c26-18-3-4-21(28-15-18)22-30-23(32-10-12-36-13-11-32)20-16-29-34(24(20)31-22)19-5-8-33(9-6-19)25(35)17-2-1-7-27-14-17/h1-4,7,14-16,19H,5-6,8-13,26H2. The average Bonchev–Trinajstić information content (AvgIpc) is 3.38. The van der Waals surface area contributed by atoms with Gasteiger partial charge in [-0.25, -0.2) is 14.6 Å². The van der Waals surface area contributed by atoms with Gasteiger partial charge in [0.15, 0.2) is 11.5 Å². The Balaban J connectivity index is 1.32. The van der Waals surface area contributed by atoms with Gasteiger partial charge in [0.2, 0.25) is 0 Å². The van der Waals surface area contributed by atoms with Crippen LogP contribution in [0.4, 0.5) is 11.5 Å².